The van der Waals surface area contributed by atoms with E-state index in [0.29, 0.717) is 13.1 Å². The number of hydrogen-bond donors (Lipinski definition) is 0. The highest BCUT2D eigenvalue weighted by Crippen LogP contribution is 2.26. The Labute approximate surface area is 124 Å². The lowest BCUT2D eigenvalue weighted by atomic mass is 10.2. The Kier molecular flexibility index (Phi) is 4.34. The van der Waals surface area contributed by atoms with Gasteiger partial charge in [-0.3, -0.25) is 4.90 Å². The van der Waals surface area contributed by atoms with Crippen molar-refractivity contribution in [2.75, 3.05) is 26.7 Å². The third-order valence-corrected chi connectivity index (χ3v) is 3.72. The molecule has 2 heterocycles. The van der Waals surface area contributed by atoms with Crippen LogP contribution in [0.5, 0.6) is 0 Å². The molecule has 1 aromatic rings. The summed E-state index contributed by atoms with van der Waals surface area (Å²) in [5.74, 6) is -0.357. The van der Waals surface area contributed by atoms with Gasteiger partial charge in [0.25, 0.3) is 0 Å². The van der Waals surface area contributed by atoms with E-state index in [2.05, 4.69) is 29.2 Å². The van der Waals surface area contributed by atoms with Gasteiger partial charge in [0.05, 0.1) is 7.11 Å². The van der Waals surface area contributed by atoms with Crippen LogP contribution in [0.1, 0.15) is 5.56 Å². The highest BCUT2D eigenvalue weighted by atomic mass is 16.7. The van der Waals surface area contributed by atoms with E-state index in [0.717, 1.165) is 6.54 Å². The van der Waals surface area contributed by atoms with Crippen molar-refractivity contribution in [2.24, 2.45) is 0 Å². The molecule has 2 aliphatic heterocycles. The first kappa shape index (κ1) is 14.3. The maximum Gasteiger partial charge on any atom is 0.337 e. The summed E-state index contributed by atoms with van der Waals surface area (Å²) < 4.78 is 15.9. The van der Waals surface area contributed by atoms with E-state index in [1.54, 1.807) is 0 Å². The Morgan fingerprint density at radius 3 is 2.90 bits per heavy atom. The van der Waals surface area contributed by atoms with E-state index in [9.17, 15) is 4.79 Å². The fraction of sp³-hybridized carbons (Fsp3) is 0.438. The first-order valence-electron chi connectivity index (χ1n) is 7.09. The summed E-state index contributed by atoms with van der Waals surface area (Å²) in [6.45, 7) is 2.15. The van der Waals surface area contributed by atoms with Crippen LogP contribution < -0.4 is 0 Å². The highest BCUT2D eigenvalue weighted by Gasteiger charge is 2.46. The van der Waals surface area contributed by atoms with Gasteiger partial charge in [-0.05, 0) is 5.56 Å². The number of benzene rings is 1. The standard InChI is InChI=1S/C16H19NO4/c1-19-16(18)15-13-10-17(11-14(20-13)21-15)9-5-8-12-6-3-2-4-7-12/h2-8,13-15H,9-11H2,1H3/b8-5+/t13-,14-,15+/m0/s1. The number of hydrogen-bond acceptors (Lipinski definition) is 5. The molecule has 0 N–H and O–H groups in total. The van der Waals surface area contributed by atoms with E-state index in [1.165, 1.54) is 12.7 Å². The molecule has 2 fully saturated rings. The van der Waals surface area contributed by atoms with Gasteiger partial charge in [0, 0.05) is 19.6 Å². The van der Waals surface area contributed by atoms with Crippen LogP contribution in [0.4, 0.5) is 0 Å². The molecule has 112 valence electrons. The predicted octanol–water partition coefficient (Wildman–Crippen LogP) is 1.30. The Hall–Kier alpha value is -1.69. The van der Waals surface area contributed by atoms with Gasteiger partial charge in [-0.15, -0.1) is 0 Å². The lowest BCUT2D eigenvalue weighted by Crippen LogP contribution is -2.45. The molecule has 0 aliphatic carbocycles. The molecule has 0 aromatic heterocycles. The van der Waals surface area contributed by atoms with Crippen molar-refractivity contribution in [1.29, 1.82) is 0 Å². The summed E-state index contributed by atoms with van der Waals surface area (Å²) in [7, 11) is 1.37. The quantitative estimate of drug-likeness (QED) is 0.782. The van der Waals surface area contributed by atoms with Gasteiger partial charge >= 0.3 is 5.97 Å². The van der Waals surface area contributed by atoms with Crippen LogP contribution in [0.2, 0.25) is 0 Å². The smallest absolute Gasteiger partial charge is 0.337 e. The zero-order chi connectivity index (χ0) is 14.7. The fourth-order valence-corrected chi connectivity index (χ4v) is 2.69. The van der Waals surface area contributed by atoms with Gasteiger partial charge in [-0.2, -0.15) is 0 Å². The number of carbonyl (C=O) groups excluding carboxylic acids is 1. The fourth-order valence-electron chi connectivity index (χ4n) is 2.69. The van der Waals surface area contributed by atoms with E-state index in [-0.39, 0.29) is 18.4 Å². The highest BCUT2D eigenvalue weighted by molar-refractivity contribution is 5.75. The van der Waals surface area contributed by atoms with Crippen LogP contribution in [0, 0.1) is 0 Å². The first-order valence-corrected chi connectivity index (χ1v) is 7.09. The van der Waals surface area contributed by atoms with Crippen molar-refractivity contribution < 1.29 is 19.0 Å². The lowest BCUT2D eigenvalue weighted by Gasteiger charge is -2.29. The van der Waals surface area contributed by atoms with Crippen molar-refractivity contribution >= 4 is 12.0 Å². The van der Waals surface area contributed by atoms with E-state index in [4.69, 9.17) is 14.2 Å². The average molecular weight is 289 g/mol. The van der Waals surface area contributed by atoms with E-state index >= 15 is 0 Å². The second kappa shape index (κ2) is 6.39. The minimum absolute atomic E-state index is 0.235. The molecule has 0 amide bonds. The number of morpholine rings is 1. The molecule has 0 radical (unpaired) electrons. The zero-order valence-electron chi connectivity index (χ0n) is 12.0. The Morgan fingerprint density at radius 1 is 1.33 bits per heavy atom. The third-order valence-electron chi connectivity index (χ3n) is 3.72. The largest absolute Gasteiger partial charge is 0.467 e. The Morgan fingerprint density at radius 2 is 2.14 bits per heavy atom. The Balaban J connectivity index is 1.55. The monoisotopic (exact) mass is 289 g/mol. The van der Waals surface area contributed by atoms with E-state index in [1.807, 2.05) is 18.2 Å². The number of esters is 1. The molecule has 21 heavy (non-hydrogen) atoms. The minimum Gasteiger partial charge on any atom is -0.467 e. The topological polar surface area (TPSA) is 48.0 Å². The third kappa shape index (κ3) is 3.32. The van der Waals surface area contributed by atoms with Gasteiger partial charge in [0.1, 0.15) is 6.10 Å². The second-order valence-corrected chi connectivity index (χ2v) is 5.22. The SMILES string of the molecule is COC(=O)[C@@H]1O[C@H]2CN(C/C=C/c3ccccc3)C[C@@H]1O2. The number of rotatable bonds is 4. The van der Waals surface area contributed by atoms with Gasteiger partial charge in [0.2, 0.25) is 0 Å². The summed E-state index contributed by atoms with van der Waals surface area (Å²) in [5, 5.41) is 0. The molecule has 1 aromatic carbocycles. The summed E-state index contributed by atoms with van der Waals surface area (Å²) >= 11 is 0. The summed E-state index contributed by atoms with van der Waals surface area (Å²) in [4.78, 5) is 13.8. The maximum atomic E-state index is 11.6. The summed E-state index contributed by atoms with van der Waals surface area (Å²) in [5.41, 5.74) is 1.18. The van der Waals surface area contributed by atoms with Crippen LogP contribution in [-0.2, 0) is 19.0 Å². The van der Waals surface area contributed by atoms with Crippen molar-refractivity contribution in [3.05, 3.63) is 42.0 Å². The molecule has 2 aliphatic rings. The van der Waals surface area contributed by atoms with Crippen LogP contribution in [0.3, 0.4) is 0 Å². The molecule has 0 saturated carbocycles. The van der Waals surface area contributed by atoms with Crippen LogP contribution in [0.15, 0.2) is 36.4 Å². The van der Waals surface area contributed by atoms with Crippen molar-refractivity contribution in [2.45, 2.75) is 18.5 Å². The number of methoxy groups -OCH3 is 1. The number of carbonyl (C=O) groups is 1. The normalized spacial score (nSPS) is 28.9. The molecular formula is C16H19NO4. The van der Waals surface area contributed by atoms with Crippen LogP contribution in [0.25, 0.3) is 6.08 Å². The van der Waals surface area contributed by atoms with Crippen LogP contribution >= 0.6 is 0 Å². The average Bonchev–Trinajstić information content (AvgIpc) is 2.82. The van der Waals surface area contributed by atoms with Gasteiger partial charge < -0.3 is 14.2 Å². The molecule has 5 heteroatoms. The molecule has 0 unspecified atom stereocenters. The minimum atomic E-state index is -0.594. The Bertz CT molecular complexity index is 516. The first-order chi connectivity index (χ1) is 10.3. The molecule has 2 saturated heterocycles. The predicted molar refractivity (Wildman–Crippen MR) is 77.5 cm³/mol. The number of fused-ring (bicyclic) bond motifs is 2. The van der Waals surface area contributed by atoms with E-state index < -0.39 is 6.10 Å². The van der Waals surface area contributed by atoms with Crippen molar-refractivity contribution in [3.63, 3.8) is 0 Å². The van der Waals surface area contributed by atoms with Gasteiger partial charge in [-0.1, -0.05) is 42.5 Å². The van der Waals surface area contributed by atoms with Gasteiger partial charge in [-0.25, -0.2) is 4.79 Å². The number of nitrogens with zero attached hydrogens (tertiary/aromatic N) is 1. The second-order valence-electron chi connectivity index (χ2n) is 5.22. The van der Waals surface area contributed by atoms with Crippen molar-refractivity contribution in [1.82, 2.24) is 4.90 Å². The molecule has 5 nitrogen and oxygen atoms in total. The molecule has 3 rings (SSSR count). The maximum absolute atomic E-state index is 11.6. The van der Waals surface area contributed by atoms with Gasteiger partial charge in [0.15, 0.2) is 12.4 Å². The lowest BCUT2D eigenvalue weighted by molar-refractivity contribution is -0.154. The summed E-state index contributed by atoms with van der Waals surface area (Å²) in [6, 6.07) is 10.2. The molecular weight excluding hydrogens is 270 g/mol. The van der Waals surface area contributed by atoms with Crippen LogP contribution in [-0.4, -0.2) is 56.1 Å². The zero-order valence-corrected chi connectivity index (χ0v) is 12.0. The molecule has 2 bridgehead atoms. The molecule has 0 spiro atoms. The van der Waals surface area contributed by atoms with Crippen molar-refractivity contribution in [3.8, 4) is 0 Å². The summed E-state index contributed by atoms with van der Waals surface area (Å²) in [6.07, 6.45) is 3.05. The number of ether oxygens (including phenoxy) is 3. The molecule has 3 atom stereocenters.